The Balaban J connectivity index is 4.39. The highest BCUT2D eigenvalue weighted by atomic mass is 16.6. The molecule has 0 fully saturated rings. The molecule has 0 amide bonds. The van der Waals surface area contributed by atoms with E-state index in [4.69, 9.17) is 14.2 Å². The first-order valence-corrected chi connectivity index (χ1v) is 26.9. The molecule has 0 saturated carbocycles. The zero-order valence-corrected chi connectivity index (χ0v) is 42.0. The van der Waals surface area contributed by atoms with Gasteiger partial charge in [-0.05, 0) is 83.5 Å². The second kappa shape index (κ2) is 52.5. The molecule has 0 bridgehead atoms. The fraction of sp³-hybridized carbons (Fsp3) is 0.741. The number of hydrogen-bond donors (Lipinski definition) is 0. The maximum Gasteiger partial charge on any atom is 0.306 e. The van der Waals surface area contributed by atoms with E-state index in [-0.39, 0.29) is 31.1 Å². The normalized spacial score (nSPS) is 12.6. The minimum Gasteiger partial charge on any atom is -0.462 e. The van der Waals surface area contributed by atoms with E-state index in [0.29, 0.717) is 19.3 Å². The molecule has 64 heavy (non-hydrogen) atoms. The predicted molar refractivity (Wildman–Crippen MR) is 274 cm³/mol. The summed E-state index contributed by atoms with van der Waals surface area (Å²) in [6, 6.07) is 0. The summed E-state index contributed by atoms with van der Waals surface area (Å²) in [4.78, 5) is 38.0. The smallest absolute Gasteiger partial charge is 0.306 e. The van der Waals surface area contributed by atoms with Crippen LogP contribution < -0.4 is 0 Å². The van der Waals surface area contributed by atoms with Crippen molar-refractivity contribution in [3.8, 4) is 0 Å². The number of ether oxygens (including phenoxy) is 3. The summed E-state index contributed by atoms with van der Waals surface area (Å²) < 4.78 is 16.8. The van der Waals surface area contributed by atoms with Gasteiger partial charge in [0, 0.05) is 19.3 Å². The highest BCUT2D eigenvalue weighted by Gasteiger charge is 2.19. The minimum atomic E-state index is -0.785. The molecule has 0 aromatic heterocycles. The Kier molecular flexibility index (Phi) is 49.9. The SMILES string of the molecule is CC/C=C\C/C=C\C/C=C\C/C=C\CCCCCCCCC(=O)OCC(COC(=O)CCCCCCC/C=C\C/C=C\CCC)OC(=O)CCCCCCCCCCCCCCCC. The Morgan fingerprint density at radius 2 is 0.641 bits per heavy atom. The van der Waals surface area contributed by atoms with E-state index in [1.54, 1.807) is 0 Å². The first-order chi connectivity index (χ1) is 31.5. The van der Waals surface area contributed by atoms with Crippen molar-refractivity contribution in [2.24, 2.45) is 0 Å². The maximum absolute atomic E-state index is 12.8. The van der Waals surface area contributed by atoms with E-state index in [1.807, 2.05) is 0 Å². The summed E-state index contributed by atoms with van der Waals surface area (Å²) >= 11 is 0. The lowest BCUT2D eigenvalue weighted by atomic mass is 10.0. The molecule has 0 N–H and O–H groups in total. The average molecular weight is 893 g/mol. The van der Waals surface area contributed by atoms with Crippen LogP contribution in [0, 0.1) is 0 Å². The van der Waals surface area contributed by atoms with Gasteiger partial charge < -0.3 is 14.2 Å². The zero-order valence-electron chi connectivity index (χ0n) is 42.0. The lowest BCUT2D eigenvalue weighted by Gasteiger charge is -2.18. The second-order valence-corrected chi connectivity index (χ2v) is 17.8. The third-order valence-corrected chi connectivity index (χ3v) is 11.4. The van der Waals surface area contributed by atoms with Crippen LogP contribution in [-0.2, 0) is 28.6 Å². The van der Waals surface area contributed by atoms with Crippen LogP contribution in [0.4, 0.5) is 0 Å². The van der Waals surface area contributed by atoms with Crippen molar-refractivity contribution < 1.29 is 28.6 Å². The van der Waals surface area contributed by atoms with Gasteiger partial charge in [-0.2, -0.15) is 0 Å². The lowest BCUT2D eigenvalue weighted by molar-refractivity contribution is -0.167. The molecular weight excluding hydrogens is 793 g/mol. The number of allylic oxidation sites excluding steroid dienone is 12. The molecule has 0 rings (SSSR count). The molecule has 0 aliphatic carbocycles. The fourth-order valence-electron chi connectivity index (χ4n) is 7.41. The van der Waals surface area contributed by atoms with Gasteiger partial charge >= 0.3 is 17.9 Å². The molecule has 6 nitrogen and oxygen atoms in total. The van der Waals surface area contributed by atoms with Crippen molar-refractivity contribution in [3.05, 3.63) is 72.9 Å². The van der Waals surface area contributed by atoms with Gasteiger partial charge in [-0.15, -0.1) is 0 Å². The van der Waals surface area contributed by atoms with Crippen molar-refractivity contribution in [2.75, 3.05) is 13.2 Å². The zero-order chi connectivity index (χ0) is 46.5. The average Bonchev–Trinajstić information content (AvgIpc) is 3.29. The maximum atomic E-state index is 12.8. The van der Waals surface area contributed by atoms with Crippen molar-refractivity contribution >= 4 is 17.9 Å². The van der Waals surface area contributed by atoms with Gasteiger partial charge in [0.1, 0.15) is 13.2 Å². The minimum absolute atomic E-state index is 0.0858. The first kappa shape index (κ1) is 60.9. The van der Waals surface area contributed by atoms with Crippen molar-refractivity contribution in [1.29, 1.82) is 0 Å². The highest BCUT2D eigenvalue weighted by Crippen LogP contribution is 2.15. The standard InChI is InChI=1S/C58H100O6/c1-4-7-10-13-16-19-22-25-27-28-29-30-31-34-36-39-42-45-48-51-57(60)63-54-55(53-62-56(59)50-47-44-41-38-35-32-24-21-18-15-12-9-6-3)64-58(61)52-49-46-43-40-37-33-26-23-20-17-14-11-8-5-2/h7,10,12,15-16,19,21,24-25,27,29-30,55H,4-6,8-9,11,13-14,17-18,20,22-23,26,28,31-54H2,1-3H3/b10-7-,15-12-,19-16-,24-21-,27-25-,30-29-. The largest absolute Gasteiger partial charge is 0.462 e. The summed E-state index contributed by atoms with van der Waals surface area (Å²) in [5.41, 5.74) is 0. The monoisotopic (exact) mass is 893 g/mol. The number of unbranched alkanes of at least 4 members (excludes halogenated alkanes) is 25. The topological polar surface area (TPSA) is 78.9 Å². The molecule has 0 aromatic carbocycles. The molecule has 0 aromatic rings. The summed E-state index contributed by atoms with van der Waals surface area (Å²) in [6.45, 7) is 6.45. The van der Waals surface area contributed by atoms with Crippen molar-refractivity contribution in [3.63, 3.8) is 0 Å². The predicted octanol–water partition coefficient (Wildman–Crippen LogP) is 17.8. The summed E-state index contributed by atoms with van der Waals surface area (Å²) in [7, 11) is 0. The van der Waals surface area contributed by atoms with Crippen LogP contribution in [0.15, 0.2) is 72.9 Å². The fourth-order valence-corrected chi connectivity index (χ4v) is 7.41. The van der Waals surface area contributed by atoms with Crippen LogP contribution in [0.5, 0.6) is 0 Å². The molecule has 0 heterocycles. The highest BCUT2D eigenvalue weighted by molar-refractivity contribution is 5.71. The number of carbonyl (C=O) groups is 3. The Morgan fingerprint density at radius 3 is 1.02 bits per heavy atom. The van der Waals surface area contributed by atoms with E-state index in [2.05, 4.69) is 93.7 Å². The van der Waals surface area contributed by atoms with Gasteiger partial charge in [-0.25, -0.2) is 0 Å². The van der Waals surface area contributed by atoms with Crippen molar-refractivity contribution in [1.82, 2.24) is 0 Å². The Morgan fingerprint density at radius 1 is 0.328 bits per heavy atom. The van der Waals surface area contributed by atoms with E-state index in [0.717, 1.165) is 116 Å². The van der Waals surface area contributed by atoms with Crippen LogP contribution in [0.3, 0.4) is 0 Å². The van der Waals surface area contributed by atoms with Crippen LogP contribution in [0.2, 0.25) is 0 Å². The number of carbonyl (C=O) groups excluding carboxylic acids is 3. The number of rotatable bonds is 48. The Hall–Kier alpha value is -3.15. The van der Waals surface area contributed by atoms with E-state index in [9.17, 15) is 14.4 Å². The number of hydrogen-bond acceptors (Lipinski definition) is 6. The van der Waals surface area contributed by atoms with Gasteiger partial charge in [-0.1, -0.05) is 229 Å². The van der Waals surface area contributed by atoms with Gasteiger partial charge in [0.05, 0.1) is 0 Å². The molecule has 1 atom stereocenters. The first-order valence-electron chi connectivity index (χ1n) is 26.9. The van der Waals surface area contributed by atoms with Crippen LogP contribution in [0.1, 0.15) is 258 Å². The number of esters is 3. The summed E-state index contributed by atoms with van der Waals surface area (Å²) in [6.07, 6.45) is 66.0. The molecule has 368 valence electrons. The van der Waals surface area contributed by atoms with Crippen LogP contribution >= 0.6 is 0 Å². The van der Waals surface area contributed by atoms with Crippen LogP contribution in [-0.4, -0.2) is 37.2 Å². The Bertz CT molecular complexity index is 1210. The third kappa shape index (κ3) is 49.9. The lowest BCUT2D eigenvalue weighted by Crippen LogP contribution is -2.30. The van der Waals surface area contributed by atoms with Crippen LogP contribution in [0.25, 0.3) is 0 Å². The van der Waals surface area contributed by atoms with E-state index in [1.165, 1.54) is 103 Å². The molecule has 6 heteroatoms. The molecule has 0 aliphatic heterocycles. The van der Waals surface area contributed by atoms with Gasteiger partial charge in [-0.3, -0.25) is 14.4 Å². The Labute approximate surface area is 395 Å². The van der Waals surface area contributed by atoms with E-state index >= 15 is 0 Å². The molecule has 1 unspecified atom stereocenters. The molecule has 0 aliphatic rings. The van der Waals surface area contributed by atoms with E-state index < -0.39 is 6.10 Å². The van der Waals surface area contributed by atoms with Crippen molar-refractivity contribution in [2.45, 2.75) is 264 Å². The molecular formula is C58H100O6. The van der Waals surface area contributed by atoms with Gasteiger partial charge in [0.2, 0.25) is 0 Å². The molecule has 0 saturated heterocycles. The summed E-state index contributed by atoms with van der Waals surface area (Å²) in [5.74, 6) is -0.907. The summed E-state index contributed by atoms with van der Waals surface area (Å²) in [5, 5.41) is 0. The molecule has 0 radical (unpaired) electrons. The quantitative estimate of drug-likeness (QED) is 0.0262. The second-order valence-electron chi connectivity index (χ2n) is 17.8. The molecule has 0 spiro atoms. The third-order valence-electron chi connectivity index (χ3n) is 11.4. The van der Waals surface area contributed by atoms with Gasteiger partial charge in [0.25, 0.3) is 0 Å². The van der Waals surface area contributed by atoms with Gasteiger partial charge in [0.15, 0.2) is 6.10 Å².